The van der Waals surface area contributed by atoms with Crippen LogP contribution in [0, 0.1) is 0 Å². The average Bonchev–Trinajstić information content (AvgIpc) is 2.46. The summed E-state index contributed by atoms with van der Waals surface area (Å²) in [5.74, 6) is 0.708. The van der Waals surface area contributed by atoms with Gasteiger partial charge in [0.05, 0.1) is 7.05 Å². The van der Waals surface area contributed by atoms with E-state index in [4.69, 9.17) is 0 Å². The van der Waals surface area contributed by atoms with Crippen LogP contribution in [0.15, 0.2) is 48.5 Å². The van der Waals surface area contributed by atoms with E-state index in [0.29, 0.717) is 12.0 Å². The van der Waals surface area contributed by atoms with E-state index < -0.39 is 0 Å². The molecule has 0 saturated carbocycles. The summed E-state index contributed by atoms with van der Waals surface area (Å²) in [5.41, 5.74) is 6.32. The fourth-order valence-corrected chi connectivity index (χ4v) is 4.17. The number of hydrogen-bond donors (Lipinski definition) is 1. The Hall–Kier alpha value is -1.60. The van der Waals surface area contributed by atoms with Gasteiger partial charge in [0.25, 0.3) is 0 Å². The van der Waals surface area contributed by atoms with Crippen molar-refractivity contribution in [1.82, 2.24) is 0 Å². The molecular weight excluding hydrogens is 230 g/mol. The average molecular weight is 250 g/mol. The zero-order valence-corrected chi connectivity index (χ0v) is 11.4. The van der Waals surface area contributed by atoms with Crippen molar-refractivity contribution < 1.29 is 4.90 Å². The van der Waals surface area contributed by atoms with Gasteiger partial charge >= 0.3 is 0 Å². The molecule has 0 saturated heterocycles. The van der Waals surface area contributed by atoms with E-state index in [0.717, 1.165) is 6.54 Å². The van der Waals surface area contributed by atoms with Crippen LogP contribution in [0.1, 0.15) is 40.6 Å². The molecule has 1 nitrogen and oxygen atoms in total. The van der Waals surface area contributed by atoms with E-state index in [9.17, 15) is 0 Å². The minimum Gasteiger partial charge on any atom is -0.327 e. The van der Waals surface area contributed by atoms with Gasteiger partial charge in [0.2, 0.25) is 0 Å². The predicted octanol–water partition coefficient (Wildman–Crippen LogP) is 2.49. The summed E-state index contributed by atoms with van der Waals surface area (Å²) in [7, 11) is 2.36. The summed E-state index contributed by atoms with van der Waals surface area (Å²) >= 11 is 0. The van der Waals surface area contributed by atoms with E-state index >= 15 is 0 Å². The van der Waals surface area contributed by atoms with Crippen molar-refractivity contribution in [3.05, 3.63) is 70.8 Å². The highest BCUT2D eigenvalue weighted by Gasteiger charge is 2.40. The first-order chi connectivity index (χ1) is 9.34. The zero-order valence-electron chi connectivity index (χ0n) is 11.4. The standard InChI is InChI=1S/C18H19N/c1-19-12-14-7-3-4-8-15(14)17-11-10-13-6-2-5-9-16(13)18(17)19/h2-9,17-18H,10-12H2,1H3/p+1/t17-,18-/m0/s1. The molecule has 1 aliphatic heterocycles. The maximum atomic E-state index is 2.36. The van der Waals surface area contributed by atoms with E-state index in [1.807, 2.05) is 0 Å². The van der Waals surface area contributed by atoms with E-state index in [1.165, 1.54) is 12.8 Å². The van der Waals surface area contributed by atoms with Crippen LogP contribution < -0.4 is 4.90 Å². The van der Waals surface area contributed by atoms with Crippen LogP contribution in [-0.4, -0.2) is 7.05 Å². The SMILES string of the molecule is C[NH+]1Cc2ccccc2[C@@H]2CCc3ccccc3[C@@H]21. The second-order valence-corrected chi connectivity index (χ2v) is 6.04. The van der Waals surface area contributed by atoms with Crippen molar-refractivity contribution >= 4 is 0 Å². The highest BCUT2D eigenvalue weighted by molar-refractivity contribution is 5.40. The van der Waals surface area contributed by atoms with E-state index in [2.05, 4.69) is 55.6 Å². The van der Waals surface area contributed by atoms with Crippen LogP contribution in [0.25, 0.3) is 0 Å². The Morgan fingerprint density at radius 1 is 0.895 bits per heavy atom. The van der Waals surface area contributed by atoms with Crippen molar-refractivity contribution in [3.63, 3.8) is 0 Å². The lowest BCUT2D eigenvalue weighted by Gasteiger charge is -2.41. The second kappa shape index (κ2) is 4.21. The van der Waals surface area contributed by atoms with Crippen LogP contribution in [-0.2, 0) is 13.0 Å². The summed E-state index contributed by atoms with van der Waals surface area (Å²) in [6.45, 7) is 1.16. The fourth-order valence-electron chi connectivity index (χ4n) is 4.17. The third-order valence-electron chi connectivity index (χ3n) is 4.97. The van der Waals surface area contributed by atoms with Crippen LogP contribution in [0.3, 0.4) is 0 Å². The Kier molecular flexibility index (Phi) is 2.49. The first kappa shape index (κ1) is 11.2. The predicted molar refractivity (Wildman–Crippen MR) is 77.3 cm³/mol. The number of fused-ring (bicyclic) bond motifs is 5. The van der Waals surface area contributed by atoms with Crippen LogP contribution in [0.5, 0.6) is 0 Å². The molecule has 0 amide bonds. The monoisotopic (exact) mass is 250 g/mol. The maximum Gasteiger partial charge on any atom is 0.120 e. The summed E-state index contributed by atoms with van der Waals surface area (Å²) in [6.07, 6.45) is 2.54. The minimum atomic E-state index is 0.653. The van der Waals surface area contributed by atoms with Crippen LogP contribution in [0.4, 0.5) is 0 Å². The highest BCUT2D eigenvalue weighted by Crippen LogP contribution is 2.41. The van der Waals surface area contributed by atoms with Gasteiger partial charge in [0.1, 0.15) is 12.6 Å². The Morgan fingerprint density at radius 2 is 1.58 bits per heavy atom. The maximum absolute atomic E-state index is 2.36. The van der Waals surface area contributed by atoms with E-state index in [1.54, 1.807) is 27.2 Å². The molecule has 0 spiro atoms. The largest absolute Gasteiger partial charge is 0.327 e. The molecule has 0 bridgehead atoms. The Bertz CT molecular complexity index is 617. The number of aryl methyl sites for hydroxylation is 1. The lowest BCUT2D eigenvalue weighted by Crippen LogP contribution is -3.09. The molecule has 0 aromatic heterocycles. The van der Waals surface area contributed by atoms with Gasteiger partial charge in [0, 0.05) is 17.0 Å². The first-order valence-corrected chi connectivity index (χ1v) is 7.32. The molecule has 19 heavy (non-hydrogen) atoms. The topological polar surface area (TPSA) is 4.44 Å². The molecule has 1 aliphatic carbocycles. The zero-order chi connectivity index (χ0) is 12.8. The van der Waals surface area contributed by atoms with Crippen molar-refractivity contribution in [2.45, 2.75) is 31.3 Å². The molecule has 1 heterocycles. The Balaban J connectivity index is 1.87. The molecular formula is C18H20N+. The van der Waals surface area contributed by atoms with Gasteiger partial charge in [-0.1, -0.05) is 48.5 Å². The molecule has 2 aromatic carbocycles. The number of nitrogens with one attached hydrogen (secondary N) is 1. The number of benzene rings is 2. The molecule has 1 unspecified atom stereocenters. The summed E-state index contributed by atoms with van der Waals surface area (Å²) in [5, 5.41) is 0. The third-order valence-corrected chi connectivity index (χ3v) is 4.97. The molecule has 1 heteroatoms. The van der Waals surface area contributed by atoms with Crippen molar-refractivity contribution in [2.75, 3.05) is 7.05 Å². The van der Waals surface area contributed by atoms with Gasteiger partial charge in [-0.3, -0.25) is 0 Å². The fraction of sp³-hybridized carbons (Fsp3) is 0.333. The lowest BCUT2D eigenvalue weighted by molar-refractivity contribution is -0.931. The normalized spacial score (nSPS) is 28.2. The summed E-state index contributed by atoms with van der Waals surface area (Å²) in [6, 6.07) is 18.8. The lowest BCUT2D eigenvalue weighted by atomic mass is 9.72. The van der Waals surface area contributed by atoms with Crippen LogP contribution in [0.2, 0.25) is 0 Å². The van der Waals surface area contributed by atoms with Gasteiger partial charge in [0.15, 0.2) is 0 Å². The molecule has 96 valence electrons. The Labute approximate surface area is 114 Å². The van der Waals surface area contributed by atoms with Gasteiger partial charge in [-0.25, -0.2) is 0 Å². The minimum absolute atomic E-state index is 0.653. The highest BCUT2D eigenvalue weighted by atomic mass is 15.1. The summed E-state index contributed by atoms with van der Waals surface area (Å²) < 4.78 is 0. The third kappa shape index (κ3) is 1.65. The van der Waals surface area contributed by atoms with Gasteiger partial charge in [-0.15, -0.1) is 0 Å². The van der Waals surface area contributed by atoms with Gasteiger partial charge < -0.3 is 4.90 Å². The van der Waals surface area contributed by atoms with Crippen molar-refractivity contribution in [1.29, 1.82) is 0 Å². The summed E-state index contributed by atoms with van der Waals surface area (Å²) in [4.78, 5) is 1.65. The quantitative estimate of drug-likeness (QED) is 0.732. The molecule has 0 radical (unpaired) electrons. The number of quaternary nitrogens is 1. The molecule has 0 fully saturated rings. The number of rotatable bonds is 0. The Morgan fingerprint density at radius 3 is 2.42 bits per heavy atom. The van der Waals surface area contributed by atoms with Crippen molar-refractivity contribution in [3.8, 4) is 0 Å². The smallest absolute Gasteiger partial charge is 0.120 e. The van der Waals surface area contributed by atoms with Gasteiger partial charge in [-0.2, -0.15) is 0 Å². The number of hydrogen-bond acceptors (Lipinski definition) is 0. The first-order valence-electron chi connectivity index (χ1n) is 7.32. The van der Waals surface area contributed by atoms with Crippen LogP contribution >= 0.6 is 0 Å². The van der Waals surface area contributed by atoms with Crippen molar-refractivity contribution in [2.24, 2.45) is 0 Å². The van der Waals surface area contributed by atoms with Gasteiger partial charge in [-0.05, 0) is 24.0 Å². The van der Waals surface area contributed by atoms with E-state index in [-0.39, 0.29) is 0 Å². The second-order valence-electron chi connectivity index (χ2n) is 6.04. The number of likely N-dealkylation sites (N-methyl/N-ethyl adjacent to an activating group) is 1. The molecule has 3 atom stereocenters. The molecule has 2 aliphatic rings. The molecule has 2 aromatic rings. The molecule has 4 rings (SSSR count). The molecule has 1 N–H and O–H groups in total.